The zero-order valence-corrected chi connectivity index (χ0v) is 16.5. The summed E-state index contributed by atoms with van der Waals surface area (Å²) in [5.74, 6) is -0.382. The van der Waals surface area contributed by atoms with Gasteiger partial charge in [0.05, 0.1) is 0 Å². The van der Waals surface area contributed by atoms with Crippen LogP contribution >= 0.6 is 0 Å². The molecule has 0 aliphatic carbocycles. The summed E-state index contributed by atoms with van der Waals surface area (Å²) in [4.78, 5) is 11.8. The Labute approximate surface area is 164 Å². The molecule has 3 nitrogen and oxygen atoms in total. The van der Waals surface area contributed by atoms with Crippen molar-refractivity contribution < 1.29 is 4.39 Å². The van der Waals surface area contributed by atoms with Crippen molar-refractivity contribution in [1.82, 2.24) is 15.0 Å². The predicted molar refractivity (Wildman–Crippen MR) is 111 cm³/mol. The number of aromatic amines is 1. The van der Waals surface area contributed by atoms with E-state index in [1.54, 1.807) is 0 Å². The average molecular weight is 373 g/mol. The van der Waals surface area contributed by atoms with E-state index in [0.717, 1.165) is 40.7 Å². The summed E-state index contributed by atoms with van der Waals surface area (Å²) in [5.41, 5.74) is 8.14. The fraction of sp³-hybridized carbons (Fsp3) is 0.250. The highest BCUT2D eigenvalue weighted by Crippen LogP contribution is 2.22. The molecule has 4 heteroatoms. The summed E-state index contributed by atoms with van der Waals surface area (Å²) in [5, 5.41) is 1.04. The van der Waals surface area contributed by atoms with Crippen LogP contribution in [0.5, 0.6) is 0 Å². The van der Waals surface area contributed by atoms with Gasteiger partial charge < -0.3 is 4.98 Å². The summed E-state index contributed by atoms with van der Waals surface area (Å²) in [6, 6.07) is 12.4. The van der Waals surface area contributed by atoms with Crippen LogP contribution in [0.25, 0.3) is 11.0 Å². The van der Waals surface area contributed by atoms with Gasteiger partial charge in [-0.1, -0.05) is 35.4 Å². The summed E-state index contributed by atoms with van der Waals surface area (Å²) in [7, 11) is 0. The Morgan fingerprint density at radius 1 is 0.893 bits per heavy atom. The molecular formula is C24H24FN3. The van der Waals surface area contributed by atoms with E-state index in [0.29, 0.717) is 12.0 Å². The number of hydrogen-bond acceptors (Lipinski definition) is 2. The third-order valence-corrected chi connectivity index (χ3v) is 5.07. The molecule has 0 saturated heterocycles. The molecule has 4 aromatic rings. The SMILES string of the molecule is Cc1cc(C)cc(CCc2ccc(Cc3c[nH]c4ncc(C)cc34)c(F)n2)c1. The predicted octanol–water partition coefficient (Wildman–Crippen LogP) is 5.40. The molecule has 142 valence electrons. The molecule has 0 radical (unpaired) electrons. The van der Waals surface area contributed by atoms with Crippen LogP contribution < -0.4 is 0 Å². The van der Waals surface area contributed by atoms with Gasteiger partial charge in [0, 0.05) is 35.5 Å². The lowest BCUT2D eigenvalue weighted by molar-refractivity contribution is 0.563. The highest BCUT2D eigenvalue weighted by molar-refractivity contribution is 5.80. The van der Waals surface area contributed by atoms with Gasteiger partial charge in [-0.2, -0.15) is 4.39 Å². The Kier molecular flexibility index (Phi) is 4.95. The quantitative estimate of drug-likeness (QED) is 0.476. The summed E-state index contributed by atoms with van der Waals surface area (Å²) in [6.07, 6.45) is 5.83. The Bertz CT molecular complexity index is 1120. The van der Waals surface area contributed by atoms with Crippen LogP contribution in [0.1, 0.15) is 39.1 Å². The number of H-pyrrole nitrogens is 1. The van der Waals surface area contributed by atoms with Crippen LogP contribution in [0.4, 0.5) is 4.39 Å². The number of halogens is 1. The molecule has 0 fully saturated rings. The van der Waals surface area contributed by atoms with Crippen LogP contribution in [-0.4, -0.2) is 15.0 Å². The highest BCUT2D eigenvalue weighted by atomic mass is 19.1. The average Bonchev–Trinajstić information content (AvgIpc) is 3.03. The minimum Gasteiger partial charge on any atom is -0.346 e. The van der Waals surface area contributed by atoms with E-state index in [9.17, 15) is 4.39 Å². The van der Waals surface area contributed by atoms with Crippen molar-refractivity contribution in [3.63, 3.8) is 0 Å². The normalized spacial score (nSPS) is 11.3. The van der Waals surface area contributed by atoms with Gasteiger partial charge in [-0.25, -0.2) is 9.97 Å². The van der Waals surface area contributed by atoms with Crippen molar-refractivity contribution in [2.75, 3.05) is 0 Å². The molecule has 0 aliphatic heterocycles. The second kappa shape index (κ2) is 7.55. The van der Waals surface area contributed by atoms with E-state index in [2.05, 4.69) is 53.1 Å². The monoisotopic (exact) mass is 373 g/mol. The lowest BCUT2D eigenvalue weighted by atomic mass is 10.0. The van der Waals surface area contributed by atoms with Crippen molar-refractivity contribution in [1.29, 1.82) is 0 Å². The van der Waals surface area contributed by atoms with Crippen molar-refractivity contribution in [3.8, 4) is 0 Å². The van der Waals surface area contributed by atoms with Gasteiger partial charge in [0.15, 0.2) is 0 Å². The van der Waals surface area contributed by atoms with Crippen LogP contribution in [0.2, 0.25) is 0 Å². The summed E-state index contributed by atoms with van der Waals surface area (Å²) >= 11 is 0. The number of hydrogen-bond donors (Lipinski definition) is 1. The first-order valence-corrected chi connectivity index (χ1v) is 9.62. The molecular weight excluding hydrogens is 349 g/mol. The van der Waals surface area contributed by atoms with Gasteiger partial charge in [-0.15, -0.1) is 0 Å². The number of benzene rings is 1. The standard InChI is InChI=1S/C24H24FN3/c1-15-8-16(2)10-18(9-15)4-6-21-7-5-19(23(25)28-21)12-20-14-27-24-22(20)11-17(3)13-26-24/h5,7-11,13-14H,4,6,12H2,1-3H3,(H,26,27). The van der Waals surface area contributed by atoms with Crippen LogP contribution in [0.3, 0.4) is 0 Å². The summed E-state index contributed by atoms with van der Waals surface area (Å²) in [6.45, 7) is 6.21. The highest BCUT2D eigenvalue weighted by Gasteiger charge is 2.11. The number of aromatic nitrogens is 3. The minimum absolute atomic E-state index is 0.382. The minimum atomic E-state index is -0.382. The maximum Gasteiger partial charge on any atom is 0.216 e. The van der Waals surface area contributed by atoms with Gasteiger partial charge >= 0.3 is 0 Å². The number of nitrogens with zero attached hydrogens (tertiary/aromatic N) is 2. The molecule has 0 aliphatic rings. The lowest BCUT2D eigenvalue weighted by Gasteiger charge is -2.07. The first-order valence-electron chi connectivity index (χ1n) is 9.62. The van der Waals surface area contributed by atoms with E-state index >= 15 is 0 Å². The molecule has 3 aromatic heterocycles. The number of aryl methyl sites for hydroxylation is 5. The molecule has 0 saturated carbocycles. The van der Waals surface area contributed by atoms with Crippen LogP contribution in [0.15, 0.2) is 48.8 Å². The number of rotatable bonds is 5. The zero-order valence-electron chi connectivity index (χ0n) is 16.5. The van der Waals surface area contributed by atoms with Crippen LogP contribution in [-0.2, 0) is 19.3 Å². The molecule has 4 rings (SSSR count). The molecule has 0 bridgehead atoms. The first kappa shape index (κ1) is 18.4. The fourth-order valence-corrected chi connectivity index (χ4v) is 3.77. The zero-order chi connectivity index (χ0) is 19.7. The van der Waals surface area contributed by atoms with Crippen molar-refractivity contribution in [2.24, 2.45) is 0 Å². The Balaban J connectivity index is 1.50. The maximum absolute atomic E-state index is 14.6. The number of fused-ring (bicyclic) bond motifs is 1. The lowest BCUT2D eigenvalue weighted by Crippen LogP contribution is -2.01. The van der Waals surface area contributed by atoms with Crippen molar-refractivity contribution in [2.45, 2.75) is 40.0 Å². The molecule has 28 heavy (non-hydrogen) atoms. The third kappa shape index (κ3) is 3.96. The number of pyridine rings is 2. The second-order valence-electron chi connectivity index (χ2n) is 7.65. The summed E-state index contributed by atoms with van der Waals surface area (Å²) < 4.78 is 14.6. The first-order chi connectivity index (χ1) is 13.5. The molecule has 3 heterocycles. The van der Waals surface area contributed by atoms with Gasteiger partial charge in [-0.3, -0.25) is 0 Å². The molecule has 0 unspecified atom stereocenters. The molecule has 0 amide bonds. The maximum atomic E-state index is 14.6. The topological polar surface area (TPSA) is 41.6 Å². The van der Waals surface area contributed by atoms with Crippen molar-refractivity contribution >= 4 is 11.0 Å². The smallest absolute Gasteiger partial charge is 0.216 e. The van der Waals surface area contributed by atoms with Gasteiger partial charge in [-0.05, 0) is 62.4 Å². The number of nitrogens with one attached hydrogen (secondary N) is 1. The molecule has 0 atom stereocenters. The van der Waals surface area contributed by atoms with Crippen molar-refractivity contribution in [3.05, 3.63) is 93.8 Å². The molecule has 1 aromatic carbocycles. The Morgan fingerprint density at radius 3 is 2.43 bits per heavy atom. The van der Waals surface area contributed by atoms with E-state index in [1.165, 1.54) is 16.7 Å². The van der Waals surface area contributed by atoms with Gasteiger partial charge in [0.2, 0.25) is 5.95 Å². The fourth-order valence-electron chi connectivity index (χ4n) is 3.77. The van der Waals surface area contributed by atoms with Crippen LogP contribution in [0, 0.1) is 26.7 Å². The van der Waals surface area contributed by atoms with E-state index in [1.807, 2.05) is 31.5 Å². The Hall–Kier alpha value is -3.01. The van der Waals surface area contributed by atoms with E-state index in [-0.39, 0.29) is 5.95 Å². The van der Waals surface area contributed by atoms with E-state index < -0.39 is 0 Å². The van der Waals surface area contributed by atoms with Gasteiger partial charge in [0.25, 0.3) is 0 Å². The second-order valence-corrected chi connectivity index (χ2v) is 7.65. The van der Waals surface area contributed by atoms with E-state index in [4.69, 9.17) is 0 Å². The molecule has 1 N–H and O–H groups in total. The largest absolute Gasteiger partial charge is 0.346 e. The Morgan fingerprint density at radius 2 is 1.68 bits per heavy atom. The van der Waals surface area contributed by atoms with Gasteiger partial charge in [0.1, 0.15) is 5.65 Å². The molecule has 0 spiro atoms. The third-order valence-electron chi connectivity index (χ3n) is 5.07.